The number of piperidine rings is 1. The summed E-state index contributed by atoms with van der Waals surface area (Å²) in [6, 6.07) is 0.411. The lowest BCUT2D eigenvalue weighted by atomic mass is 10.1. The van der Waals surface area contributed by atoms with E-state index in [9.17, 15) is 4.79 Å². The number of esters is 1. The van der Waals surface area contributed by atoms with E-state index in [1.807, 2.05) is 4.68 Å². The Kier molecular flexibility index (Phi) is 3.78. The van der Waals surface area contributed by atoms with Gasteiger partial charge in [-0.15, -0.1) is 0 Å². The molecule has 1 aliphatic rings. The lowest BCUT2D eigenvalue weighted by Crippen LogP contribution is -2.31. The first-order valence-electron chi connectivity index (χ1n) is 6.10. The molecule has 0 saturated carbocycles. The van der Waals surface area contributed by atoms with Gasteiger partial charge in [0.1, 0.15) is 0 Å². The molecule has 1 fully saturated rings. The second-order valence-corrected chi connectivity index (χ2v) is 4.46. The Morgan fingerprint density at radius 1 is 1.53 bits per heavy atom. The molecule has 1 aromatic rings. The van der Waals surface area contributed by atoms with Gasteiger partial charge in [-0.2, -0.15) is 5.10 Å². The van der Waals surface area contributed by atoms with Gasteiger partial charge in [-0.1, -0.05) is 0 Å². The summed E-state index contributed by atoms with van der Waals surface area (Å²) in [6.07, 6.45) is 5.56. The van der Waals surface area contributed by atoms with Crippen molar-refractivity contribution in [2.75, 3.05) is 26.7 Å². The normalized spacial score (nSPS) is 18.2. The van der Waals surface area contributed by atoms with Crippen LogP contribution in [0.25, 0.3) is 0 Å². The van der Waals surface area contributed by atoms with E-state index in [4.69, 9.17) is 4.74 Å². The predicted octanol–water partition coefficient (Wildman–Crippen LogP) is 1.33. The van der Waals surface area contributed by atoms with Gasteiger partial charge in [-0.3, -0.25) is 4.68 Å². The second-order valence-electron chi connectivity index (χ2n) is 4.46. The molecule has 0 aromatic carbocycles. The van der Waals surface area contributed by atoms with Crippen LogP contribution in [-0.2, 0) is 4.74 Å². The summed E-state index contributed by atoms with van der Waals surface area (Å²) in [5.74, 6) is -0.285. The van der Waals surface area contributed by atoms with Crippen LogP contribution in [0.2, 0.25) is 0 Å². The highest BCUT2D eigenvalue weighted by atomic mass is 16.5. The molecule has 0 atom stereocenters. The highest BCUT2D eigenvalue weighted by Crippen LogP contribution is 2.21. The van der Waals surface area contributed by atoms with Crippen molar-refractivity contribution in [3.63, 3.8) is 0 Å². The maximum absolute atomic E-state index is 11.5. The van der Waals surface area contributed by atoms with Gasteiger partial charge in [0.15, 0.2) is 0 Å². The summed E-state index contributed by atoms with van der Waals surface area (Å²) in [7, 11) is 2.13. The molecule has 5 heteroatoms. The molecular weight excluding hydrogens is 218 g/mol. The second kappa shape index (κ2) is 5.31. The Morgan fingerprint density at radius 3 is 2.88 bits per heavy atom. The fraction of sp³-hybridized carbons (Fsp3) is 0.667. The zero-order chi connectivity index (χ0) is 12.3. The van der Waals surface area contributed by atoms with Crippen LogP contribution in [-0.4, -0.2) is 47.4 Å². The predicted molar refractivity (Wildman–Crippen MR) is 64.0 cm³/mol. The molecule has 2 rings (SSSR count). The quantitative estimate of drug-likeness (QED) is 0.744. The number of carbonyl (C=O) groups is 1. The molecule has 0 unspecified atom stereocenters. The number of ether oxygens (including phenoxy) is 1. The highest BCUT2D eigenvalue weighted by Gasteiger charge is 2.20. The number of nitrogens with zero attached hydrogens (tertiary/aromatic N) is 3. The monoisotopic (exact) mass is 237 g/mol. The summed E-state index contributed by atoms with van der Waals surface area (Å²) in [4.78, 5) is 13.8. The van der Waals surface area contributed by atoms with Gasteiger partial charge in [0.25, 0.3) is 0 Å². The fourth-order valence-corrected chi connectivity index (χ4v) is 2.12. The van der Waals surface area contributed by atoms with Crippen molar-refractivity contribution in [2.24, 2.45) is 0 Å². The van der Waals surface area contributed by atoms with E-state index in [1.165, 1.54) is 0 Å². The van der Waals surface area contributed by atoms with Crippen molar-refractivity contribution in [1.82, 2.24) is 14.7 Å². The van der Waals surface area contributed by atoms with Crippen molar-refractivity contribution >= 4 is 5.97 Å². The van der Waals surface area contributed by atoms with E-state index in [2.05, 4.69) is 17.0 Å². The molecule has 0 spiro atoms. The van der Waals surface area contributed by atoms with Gasteiger partial charge in [0.05, 0.1) is 24.4 Å². The SMILES string of the molecule is CCOC(=O)c1cnn(C2CCN(C)CC2)c1. The molecule has 0 radical (unpaired) electrons. The van der Waals surface area contributed by atoms with Crippen LogP contribution in [0.3, 0.4) is 0 Å². The molecule has 2 heterocycles. The molecule has 5 nitrogen and oxygen atoms in total. The van der Waals surface area contributed by atoms with Gasteiger partial charge in [0.2, 0.25) is 0 Å². The molecule has 0 bridgehead atoms. The molecular formula is C12H19N3O2. The number of rotatable bonds is 3. The first-order chi connectivity index (χ1) is 8.20. The van der Waals surface area contributed by atoms with Crippen LogP contribution in [0.1, 0.15) is 36.2 Å². The van der Waals surface area contributed by atoms with E-state index < -0.39 is 0 Å². The lowest BCUT2D eigenvalue weighted by molar-refractivity contribution is 0.0526. The summed E-state index contributed by atoms with van der Waals surface area (Å²) >= 11 is 0. The summed E-state index contributed by atoms with van der Waals surface area (Å²) in [6.45, 7) is 4.37. The Balaban J connectivity index is 2.00. The zero-order valence-corrected chi connectivity index (χ0v) is 10.4. The molecule has 17 heavy (non-hydrogen) atoms. The van der Waals surface area contributed by atoms with Crippen LogP contribution >= 0.6 is 0 Å². The number of hydrogen-bond acceptors (Lipinski definition) is 4. The first kappa shape index (κ1) is 12.1. The van der Waals surface area contributed by atoms with E-state index >= 15 is 0 Å². The Morgan fingerprint density at radius 2 is 2.24 bits per heavy atom. The Bertz CT molecular complexity index is 381. The van der Waals surface area contributed by atoms with E-state index in [-0.39, 0.29) is 5.97 Å². The number of hydrogen-bond donors (Lipinski definition) is 0. The fourth-order valence-electron chi connectivity index (χ4n) is 2.12. The minimum atomic E-state index is -0.285. The number of likely N-dealkylation sites (tertiary alicyclic amines) is 1. The van der Waals surface area contributed by atoms with Crippen LogP contribution in [0.15, 0.2) is 12.4 Å². The zero-order valence-electron chi connectivity index (χ0n) is 10.4. The summed E-state index contributed by atoms with van der Waals surface area (Å²) in [5, 5.41) is 4.27. The van der Waals surface area contributed by atoms with Crippen LogP contribution < -0.4 is 0 Å². The van der Waals surface area contributed by atoms with E-state index in [1.54, 1.807) is 19.3 Å². The van der Waals surface area contributed by atoms with Gasteiger partial charge in [0, 0.05) is 6.20 Å². The van der Waals surface area contributed by atoms with Gasteiger partial charge >= 0.3 is 5.97 Å². The van der Waals surface area contributed by atoms with E-state index in [0.717, 1.165) is 25.9 Å². The molecule has 0 aliphatic carbocycles. The molecule has 1 aliphatic heterocycles. The van der Waals surface area contributed by atoms with Crippen LogP contribution in [0, 0.1) is 0 Å². The maximum atomic E-state index is 11.5. The van der Waals surface area contributed by atoms with Crippen molar-refractivity contribution in [2.45, 2.75) is 25.8 Å². The van der Waals surface area contributed by atoms with Crippen molar-refractivity contribution in [3.8, 4) is 0 Å². The van der Waals surface area contributed by atoms with E-state index in [0.29, 0.717) is 18.2 Å². The highest BCUT2D eigenvalue weighted by molar-refractivity contribution is 5.88. The van der Waals surface area contributed by atoms with Crippen LogP contribution in [0.5, 0.6) is 0 Å². The third-order valence-electron chi connectivity index (χ3n) is 3.17. The van der Waals surface area contributed by atoms with Gasteiger partial charge in [-0.25, -0.2) is 4.79 Å². The average molecular weight is 237 g/mol. The van der Waals surface area contributed by atoms with Crippen molar-refractivity contribution in [1.29, 1.82) is 0 Å². The minimum absolute atomic E-state index is 0.285. The third-order valence-corrected chi connectivity index (χ3v) is 3.17. The largest absolute Gasteiger partial charge is 0.462 e. The van der Waals surface area contributed by atoms with Crippen molar-refractivity contribution in [3.05, 3.63) is 18.0 Å². The number of aromatic nitrogens is 2. The van der Waals surface area contributed by atoms with Gasteiger partial charge in [-0.05, 0) is 39.9 Å². The average Bonchev–Trinajstić information content (AvgIpc) is 2.80. The smallest absolute Gasteiger partial charge is 0.341 e. The standard InChI is InChI=1S/C12H19N3O2/c1-3-17-12(16)10-8-13-15(9-10)11-4-6-14(2)7-5-11/h8-9,11H,3-7H2,1-2H3. The number of carbonyl (C=O) groups excluding carboxylic acids is 1. The van der Waals surface area contributed by atoms with Gasteiger partial charge < -0.3 is 9.64 Å². The lowest BCUT2D eigenvalue weighted by Gasteiger charge is -2.28. The molecule has 1 aromatic heterocycles. The maximum Gasteiger partial charge on any atom is 0.341 e. The Hall–Kier alpha value is -1.36. The third kappa shape index (κ3) is 2.85. The van der Waals surface area contributed by atoms with Crippen LogP contribution in [0.4, 0.5) is 0 Å². The topological polar surface area (TPSA) is 47.4 Å². The molecule has 1 saturated heterocycles. The summed E-state index contributed by atoms with van der Waals surface area (Å²) < 4.78 is 6.85. The minimum Gasteiger partial charge on any atom is -0.462 e. The molecule has 0 amide bonds. The molecule has 0 N–H and O–H groups in total. The molecule has 94 valence electrons. The summed E-state index contributed by atoms with van der Waals surface area (Å²) in [5.41, 5.74) is 0.547. The Labute approximate surface area is 101 Å². The first-order valence-corrected chi connectivity index (χ1v) is 6.10. The van der Waals surface area contributed by atoms with Crippen molar-refractivity contribution < 1.29 is 9.53 Å².